The van der Waals surface area contributed by atoms with Crippen molar-refractivity contribution in [2.75, 3.05) is 31.5 Å². The Hall–Kier alpha value is -1.90. The summed E-state index contributed by atoms with van der Waals surface area (Å²) in [6, 6.07) is 1.49. The zero-order valence-electron chi connectivity index (χ0n) is 11.1. The molecule has 0 saturated carbocycles. The first-order chi connectivity index (χ1) is 9.85. The van der Waals surface area contributed by atoms with E-state index in [2.05, 4.69) is 10.3 Å². The molecular weight excluding hydrogens is 289 g/mol. The number of hydrogen-bond donors (Lipinski definition) is 1. The molecule has 6 nitrogen and oxygen atoms in total. The minimum absolute atomic E-state index is 0.0418. The summed E-state index contributed by atoms with van der Waals surface area (Å²) in [6.45, 7) is 0.230. The number of nitrogens with one attached hydrogen (secondary N) is 1. The zero-order valence-corrected chi connectivity index (χ0v) is 11.1. The number of rotatable bonds is 5. The monoisotopic (exact) mass is 304 g/mol. The summed E-state index contributed by atoms with van der Waals surface area (Å²) in [5.41, 5.74) is 0.201. The van der Waals surface area contributed by atoms with E-state index in [1.165, 1.54) is 17.2 Å². The van der Waals surface area contributed by atoms with E-state index in [1.807, 2.05) is 0 Å². The largest absolute Gasteiger partial charge is 0.401 e. The maximum Gasteiger partial charge on any atom is 0.401 e. The van der Waals surface area contributed by atoms with E-state index >= 15 is 0 Å². The quantitative estimate of drug-likeness (QED) is 0.667. The van der Waals surface area contributed by atoms with Crippen LogP contribution in [0, 0.1) is 16.0 Å². The molecule has 1 aromatic rings. The SMILES string of the molecule is O=[N+]([O-])c1cnccc1NCC1CCN(CC(F)(F)F)C1. The van der Waals surface area contributed by atoms with Gasteiger partial charge in [0.1, 0.15) is 11.9 Å². The number of hydrogen-bond acceptors (Lipinski definition) is 5. The highest BCUT2D eigenvalue weighted by Crippen LogP contribution is 2.25. The maximum absolute atomic E-state index is 12.3. The predicted octanol–water partition coefficient (Wildman–Crippen LogP) is 2.29. The zero-order chi connectivity index (χ0) is 15.5. The third-order valence-electron chi connectivity index (χ3n) is 3.35. The van der Waals surface area contributed by atoms with Crippen molar-refractivity contribution < 1.29 is 18.1 Å². The first-order valence-corrected chi connectivity index (χ1v) is 6.46. The van der Waals surface area contributed by atoms with E-state index in [4.69, 9.17) is 0 Å². The Labute approximate surface area is 119 Å². The highest BCUT2D eigenvalue weighted by molar-refractivity contribution is 5.59. The third-order valence-corrected chi connectivity index (χ3v) is 3.35. The average Bonchev–Trinajstić information content (AvgIpc) is 2.82. The van der Waals surface area contributed by atoms with Gasteiger partial charge in [-0.15, -0.1) is 0 Å². The molecule has 0 spiro atoms. The molecule has 9 heteroatoms. The lowest BCUT2D eigenvalue weighted by molar-refractivity contribution is -0.384. The Morgan fingerprint density at radius 2 is 2.29 bits per heavy atom. The van der Waals surface area contributed by atoms with E-state index < -0.39 is 17.6 Å². The fourth-order valence-electron chi connectivity index (χ4n) is 2.41. The summed E-state index contributed by atoms with van der Waals surface area (Å²) >= 11 is 0. The Bertz CT molecular complexity index is 510. The lowest BCUT2D eigenvalue weighted by Crippen LogP contribution is -2.33. The lowest BCUT2D eigenvalue weighted by Gasteiger charge is -2.18. The maximum atomic E-state index is 12.3. The number of alkyl halides is 3. The van der Waals surface area contributed by atoms with Crippen LogP contribution in [0.25, 0.3) is 0 Å². The normalized spacial score (nSPS) is 19.7. The molecule has 1 saturated heterocycles. The molecule has 2 heterocycles. The molecule has 0 aromatic carbocycles. The fraction of sp³-hybridized carbons (Fsp3) is 0.583. The van der Waals surface area contributed by atoms with Gasteiger partial charge in [0, 0.05) is 19.3 Å². The molecule has 1 fully saturated rings. The van der Waals surface area contributed by atoms with Crippen molar-refractivity contribution >= 4 is 11.4 Å². The van der Waals surface area contributed by atoms with E-state index in [0.717, 1.165) is 6.20 Å². The Morgan fingerprint density at radius 3 is 2.95 bits per heavy atom. The van der Waals surface area contributed by atoms with Gasteiger partial charge in [-0.2, -0.15) is 13.2 Å². The molecule has 2 rings (SSSR count). The molecule has 1 aromatic heterocycles. The minimum Gasteiger partial charge on any atom is -0.379 e. The molecular formula is C12H15F3N4O2. The first-order valence-electron chi connectivity index (χ1n) is 6.46. The van der Waals surface area contributed by atoms with Crippen LogP contribution >= 0.6 is 0 Å². The van der Waals surface area contributed by atoms with Crippen LogP contribution in [0.15, 0.2) is 18.5 Å². The van der Waals surface area contributed by atoms with Gasteiger partial charge in [-0.25, -0.2) is 0 Å². The van der Waals surface area contributed by atoms with Crippen LogP contribution in [0.2, 0.25) is 0 Å². The van der Waals surface area contributed by atoms with Crippen molar-refractivity contribution in [3.8, 4) is 0 Å². The molecule has 1 atom stereocenters. The number of pyridine rings is 1. The summed E-state index contributed by atoms with van der Waals surface area (Å²) in [6.07, 6.45) is -0.971. The van der Waals surface area contributed by atoms with E-state index in [1.54, 1.807) is 0 Å². The molecule has 0 radical (unpaired) electrons. The summed E-state index contributed by atoms with van der Waals surface area (Å²) in [5, 5.41) is 13.7. The lowest BCUT2D eigenvalue weighted by atomic mass is 10.1. The van der Waals surface area contributed by atoms with Crippen LogP contribution in [0.5, 0.6) is 0 Å². The number of halogens is 3. The summed E-state index contributed by atoms with van der Waals surface area (Å²) in [4.78, 5) is 15.3. The molecule has 21 heavy (non-hydrogen) atoms. The van der Waals surface area contributed by atoms with Crippen LogP contribution in [0.1, 0.15) is 6.42 Å². The molecule has 1 aliphatic heterocycles. The van der Waals surface area contributed by atoms with Gasteiger partial charge in [0.25, 0.3) is 0 Å². The molecule has 1 N–H and O–H groups in total. The van der Waals surface area contributed by atoms with Crippen molar-refractivity contribution in [1.29, 1.82) is 0 Å². The van der Waals surface area contributed by atoms with Gasteiger partial charge in [-0.05, 0) is 24.9 Å². The highest BCUT2D eigenvalue weighted by Gasteiger charge is 2.34. The van der Waals surface area contributed by atoms with Gasteiger partial charge in [-0.1, -0.05) is 0 Å². The van der Waals surface area contributed by atoms with Gasteiger partial charge < -0.3 is 5.32 Å². The number of nitrogens with zero attached hydrogens (tertiary/aromatic N) is 3. The molecule has 1 unspecified atom stereocenters. The van der Waals surface area contributed by atoms with Gasteiger partial charge >= 0.3 is 11.9 Å². The Morgan fingerprint density at radius 1 is 1.52 bits per heavy atom. The topological polar surface area (TPSA) is 71.3 Å². The molecule has 116 valence electrons. The second-order valence-electron chi connectivity index (χ2n) is 5.04. The predicted molar refractivity (Wildman–Crippen MR) is 70.0 cm³/mol. The van der Waals surface area contributed by atoms with Crippen molar-refractivity contribution in [2.45, 2.75) is 12.6 Å². The Balaban J connectivity index is 1.86. The van der Waals surface area contributed by atoms with Crippen LogP contribution < -0.4 is 5.32 Å². The molecule has 0 bridgehead atoms. The summed E-state index contributed by atoms with van der Waals surface area (Å²) < 4.78 is 36.9. The van der Waals surface area contributed by atoms with Crippen LogP contribution in [-0.2, 0) is 0 Å². The second kappa shape index (κ2) is 6.25. The van der Waals surface area contributed by atoms with Crippen molar-refractivity contribution in [3.63, 3.8) is 0 Å². The van der Waals surface area contributed by atoms with Gasteiger partial charge in [0.05, 0.1) is 11.5 Å². The van der Waals surface area contributed by atoms with Gasteiger partial charge in [-0.3, -0.25) is 20.0 Å². The highest BCUT2D eigenvalue weighted by atomic mass is 19.4. The average molecular weight is 304 g/mol. The Kier molecular flexibility index (Phi) is 4.61. The second-order valence-corrected chi connectivity index (χ2v) is 5.04. The van der Waals surface area contributed by atoms with Crippen LogP contribution in [-0.4, -0.2) is 47.2 Å². The van der Waals surface area contributed by atoms with Crippen LogP contribution in [0.3, 0.4) is 0 Å². The van der Waals surface area contributed by atoms with Crippen molar-refractivity contribution in [2.24, 2.45) is 5.92 Å². The molecule has 1 aliphatic rings. The number of aromatic nitrogens is 1. The van der Waals surface area contributed by atoms with Crippen LogP contribution in [0.4, 0.5) is 24.5 Å². The fourth-order valence-corrected chi connectivity index (χ4v) is 2.41. The standard InChI is InChI=1S/C12H15F3N4O2/c13-12(14,15)8-18-4-2-9(7-18)5-17-10-1-3-16-6-11(10)19(20)21/h1,3,6,9H,2,4-5,7-8H2,(H,16,17). The molecule has 0 aliphatic carbocycles. The number of likely N-dealkylation sites (tertiary alicyclic amines) is 1. The van der Waals surface area contributed by atoms with E-state index in [9.17, 15) is 23.3 Å². The molecule has 0 amide bonds. The minimum atomic E-state index is -4.19. The van der Waals surface area contributed by atoms with Gasteiger partial charge in [0.2, 0.25) is 0 Å². The van der Waals surface area contributed by atoms with E-state index in [-0.39, 0.29) is 11.6 Å². The first kappa shape index (κ1) is 15.5. The summed E-state index contributed by atoms with van der Waals surface area (Å²) in [7, 11) is 0. The number of nitro groups is 1. The van der Waals surface area contributed by atoms with Gasteiger partial charge in [0.15, 0.2) is 0 Å². The van der Waals surface area contributed by atoms with Crippen molar-refractivity contribution in [3.05, 3.63) is 28.6 Å². The third kappa shape index (κ3) is 4.55. The number of anilines is 1. The van der Waals surface area contributed by atoms with Crippen molar-refractivity contribution in [1.82, 2.24) is 9.88 Å². The van der Waals surface area contributed by atoms with E-state index in [0.29, 0.717) is 31.7 Å². The smallest absolute Gasteiger partial charge is 0.379 e. The summed E-state index contributed by atoms with van der Waals surface area (Å²) in [5.74, 6) is 0.0418.